The quantitative estimate of drug-likeness (QED) is 0.902. The smallest absolute Gasteiger partial charge is 0.232 e. The summed E-state index contributed by atoms with van der Waals surface area (Å²) in [6.07, 6.45) is 1.52. The summed E-state index contributed by atoms with van der Waals surface area (Å²) in [5.74, 6) is 0.0254. The highest BCUT2D eigenvalue weighted by Gasteiger charge is 2.35. The van der Waals surface area contributed by atoms with Gasteiger partial charge in [-0.3, -0.25) is 14.9 Å². The fourth-order valence-electron chi connectivity index (χ4n) is 2.67. The van der Waals surface area contributed by atoms with Gasteiger partial charge < -0.3 is 4.90 Å². The first-order chi connectivity index (χ1) is 11.0. The van der Waals surface area contributed by atoms with Crippen molar-refractivity contribution in [3.05, 3.63) is 36.2 Å². The predicted molar refractivity (Wildman–Crippen MR) is 86.0 cm³/mol. The molecule has 7 nitrogen and oxygen atoms in total. The van der Waals surface area contributed by atoms with Crippen molar-refractivity contribution in [3.63, 3.8) is 0 Å². The van der Waals surface area contributed by atoms with Crippen molar-refractivity contribution in [1.82, 2.24) is 15.2 Å². The number of aromatic nitrogens is 3. The summed E-state index contributed by atoms with van der Waals surface area (Å²) in [4.78, 5) is 30.1. The van der Waals surface area contributed by atoms with Gasteiger partial charge in [0.1, 0.15) is 6.33 Å². The van der Waals surface area contributed by atoms with E-state index in [1.54, 1.807) is 4.90 Å². The molecule has 1 aliphatic heterocycles. The number of nitrogens with zero attached hydrogens (tertiary/aromatic N) is 3. The Morgan fingerprint density at radius 3 is 2.96 bits per heavy atom. The molecule has 0 aliphatic carbocycles. The van der Waals surface area contributed by atoms with Crippen molar-refractivity contribution in [1.29, 1.82) is 0 Å². The number of hydrogen-bond donors (Lipinski definition) is 2. The average molecular weight is 313 g/mol. The molecule has 2 N–H and O–H groups in total. The topological polar surface area (TPSA) is 91.0 Å². The molecule has 1 aromatic carbocycles. The predicted octanol–water partition coefficient (Wildman–Crippen LogP) is 1.92. The molecule has 1 aromatic heterocycles. The Labute approximate surface area is 134 Å². The van der Waals surface area contributed by atoms with Crippen molar-refractivity contribution < 1.29 is 9.59 Å². The lowest BCUT2D eigenvalue weighted by Gasteiger charge is -2.18. The van der Waals surface area contributed by atoms with E-state index in [-0.39, 0.29) is 18.2 Å². The van der Waals surface area contributed by atoms with Gasteiger partial charge >= 0.3 is 0 Å². The molecule has 2 amide bonds. The summed E-state index contributed by atoms with van der Waals surface area (Å²) >= 11 is 0. The van der Waals surface area contributed by atoms with E-state index in [0.717, 1.165) is 5.69 Å². The van der Waals surface area contributed by atoms with Gasteiger partial charge in [0.25, 0.3) is 0 Å². The van der Waals surface area contributed by atoms with Gasteiger partial charge in [0, 0.05) is 18.7 Å². The van der Waals surface area contributed by atoms with E-state index >= 15 is 0 Å². The third-order valence-electron chi connectivity index (χ3n) is 4.00. The highest BCUT2D eigenvalue weighted by atomic mass is 16.2. The molecule has 0 saturated carbocycles. The third-order valence-corrected chi connectivity index (χ3v) is 4.00. The zero-order valence-corrected chi connectivity index (χ0v) is 13.1. The van der Waals surface area contributed by atoms with Gasteiger partial charge in [-0.15, -0.1) is 0 Å². The van der Waals surface area contributed by atoms with E-state index in [2.05, 4.69) is 34.3 Å². The Balaban J connectivity index is 1.72. The van der Waals surface area contributed by atoms with Gasteiger partial charge in [0.05, 0.1) is 5.92 Å². The second kappa shape index (κ2) is 6.20. The van der Waals surface area contributed by atoms with Crippen LogP contribution in [-0.2, 0) is 9.59 Å². The molecule has 1 aliphatic rings. The molecular formula is C16H19N5O2. The number of benzene rings is 1. The first-order valence-electron chi connectivity index (χ1n) is 7.61. The maximum absolute atomic E-state index is 12.3. The van der Waals surface area contributed by atoms with Gasteiger partial charge in [-0.2, -0.15) is 10.1 Å². The highest BCUT2D eigenvalue weighted by Crippen LogP contribution is 2.28. The first kappa shape index (κ1) is 15.2. The molecule has 7 heteroatoms. The number of amides is 2. The normalized spacial score (nSPS) is 17.8. The van der Waals surface area contributed by atoms with Crippen LogP contribution in [0.2, 0.25) is 0 Å². The maximum atomic E-state index is 12.3. The fraction of sp³-hybridized carbons (Fsp3) is 0.375. The maximum Gasteiger partial charge on any atom is 0.232 e. The van der Waals surface area contributed by atoms with E-state index < -0.39 is 5.92 Å². The summed E-state index contributed by atoms with van der Waals surface area (Å²) < 4.78 is 0. The second-order valence-corrected chi connectivity index (χ2v) is 5.98. The Morgan fingerprint density at radius 2 is 2.26 bits per heavy atom. The van der Waals surface area contributed by atoms with Crippen LogP contribution < -0.4 is 10.2 Å². The zero-order valence-electron chi connectivity index (χ0n) is 13.1. The molecule has 23 heavy (non-hydrogen) atoms. The minimum absolute atomic E-state index is 0.0383. The molecule has 0 radical (unpaired) electrons. The van der Waals surface area contributed by atoms with Crippen LogP contribution in [-0.4, -0.2) is 33.5 Å². The lowest BCUT2D eigenvalue weighted by molar-refractivity contribution is -0.122. The molecule has 2 aromatic rings. The Bertz CT molecular complexity index is 711. The van der Waals surface area contributed by atoms with Crippen LogP contribution in [0.15, 0.2) is 30.6 Å². The molecule has 0 spiro atoms. The number of anilines is 2. The van der Waals surface area contributed by atoms with E-state index in [1.165, 1.54) is 11.9 Å². The Hall–Kier alpha value is -2.70. The average Bonchev–Trinajstić information content (AvgIpc) is 3.17. The van der Waals surface area contributed by atoms with Crippen LogP contribution in [0.1, 0.15) is 31.7 Å². The largest absolute Gasteiger partial charge is 0.312 e. The molecule has 1 unspecified atom stereocenters. The van der Waals surface area contributed by atoms with Crippen molar-refractivity contribution in [3.8, 4) is 0 Å². The third kappa shape index (κ3) is 3.23. The number of H-pyrrole nitrogens is 1. The summed E-state index contributed by atoms with van der Waals surface area (Å²) in [5.41, 5.74) is 2.01. The first-order valence-corrected chi connectivity index (χ1v) is 7.61. The number of rotatable bonds is 4. The molecule has 1 saturated heterocycles. The molecule has 2 heterocycles. The molecule has 1 fully saturated rings. The fourth-order valence-corrected chi connectivity index (χ4v) is 2.67. The van der Waals surface area contributed by atoms with Crippen molar-refractivity contribution in [2.24, 2.45) is 5.92 Å². The number of hydrogen-bond acceptors (Lipinski definition) is 4. The van der Waals surface area contributed by atoms with Crippen LogP contribution >= 0.6 is 0 Å². The van der Waals surface area contributed by atoms with Crippen molar-refractivity contribution >= 4 is 23.5 Å². The van der Waals surface area contributed by atoms with Crippen LogP contribution in [0, 0.1) is 5.92 Å². The second-order valence-electron chi connectivity index (χ2n) is 5.98. The van der Waals surface area contributed by atoms with Crippen molar-refractivity contribution in [2.75, 3.05) is 16.8 Å². The van der Waals surface area contributed by atoms with Gasteiger partial charge in [-0.1, -0.05) is 26.0 Å². The summed E-state index contributed by atoms with van der Waals surface area (Å²) in [7, 11) is 0. The zero-order chi connectivity index (χ0) is 16.4. The van der Waals surface area contributed by atoms with Crippen LogP contribution in [0.25, 0.3) is 0 Å². The van der Waals surface area contributed by atoms with E-state index in [0.29, 0.717) is 18.4 Å². The molecule has 1 atom stereocenters. The van der Waals surface area contributed by atoms with E-state index in [4.69, 9.17) is 0 Å². The lowest BCUT2D eigenvalue weighted by atomic mass is 10.0. The van der Waals surface area contributed by atoms with Crippen LogP contribution in [0.3, 0.4) is 0 Å². The monoisotopic (exact) mass is 313 g/mol. The minimum Gasteiger partial charge on any atom is -0.312 e. The number of carbonyl (C=O) groups is 2. The molecule has 3 rings (SSSR count). The summed E-state index contributed by atoms with van der Waals surface area (Å²) in [6, 6.07) is 7.91. The number of carbonyl (C=O) groups excluding carboxylic acids is 2. The van der Waals surface area contributed by atoms with Crippen molar-refractivity contribution in [2.45, 2.75) is 26.2 Å². The summed E-state index contributed by atoms with van der Waals surface area (Å²) in [6.45, 7) is 4.59. The van der Waals surface area contributed by atoms with Crippen LogP contribution in [0.5, 0.6) is 0 Å². The molecule has 120 valence electrons. The Morgan fingerprint density at radius 1 is 1.43 bits per heavy atom. The number of aromatic amines is 1. The standard InChI is InChI=1S/C16H19N5O2/c1-10(2)11-4-3-5-13(6-11)21-8-12(7-14(21)22)15(23)19-16-17-9-18-20-16/h3-6,9-10,12H,7-8H2,1-2H3,(H2,17,18,19,20,23). The van der Waals surface area contributed by atoms with Gasteiger partial charge in [0.2, 0.25) is 17.8 Å². The molecular weight excluding hydrogens is 294 g/mol. The van der Waals surface area contributed by atoms with E-state index in [9.17, 15) is 9.59 Å². The minimum atomic E-state index is -0.393. The highest BCUT2D eigenvalue weighted by molar-refractivity contribution is 6.03. The van der Waals surface area contributed by atoms with Crippen LogP contribution in [0.4, 0.5) is 11.6 Å². The van der Waals surface area contributed by atoms with Gasteiger partial charge in [-0.05, 0) is 23.6 Å². The van der Waals surface area contributed by atoms with E-state index in [1.807, 2.05) is 24.3 Å². The van der Waals surface area contributed by atoms with Gasteiger partial charge in [-0.25, -0.2) is 5.10 Å². The van der Waals surface area contributed by atoms with Gasteiger partial charge in [0.15, 0.2) is 0 Å². The number of nitrogens with one attached hydrogen (secondary N) is 2. The summed E-state index contributed by atoms with van der Waals surface area (Å²) in [5, 5.41) is 8.89. The Kier molecular flexibility index (Phi) is 4.10. The lowest BCUT2D eigenvalue weighted by Crippen LogP contribution is -2.28. The molecule has 0 bridgehead atoms. The SMILES string of the molecule is CC(C)c1cccc(N2CC(C(=O)Nc3ncn[nH]3)CC2=O)c1.